The molecule has 1 aromatic carbocycles. The van der Waals surface area contributed by atoms with Gasteiger partial charge in [0.15, 0.2) is 0 Å². The van der Waals surface area contributed by atoms with E-state index in [2.05, 4.69) is 38.1 Å². The highest BCUT2D eigenvalue weighted by atomic mass is 16.5. The minimum absolute atomic E-state index is 0.00170. The molecule has 1 saturated heterocycles. The first-order chi connectivity index (χ1) is 9.74. The number of carbonyl (C=O) groups excluding carboxylic acids is 1. The first-order valence-electron chi connectivity index (χ1n) is 8.04. The molecule has 110 valence electrons. The van der Waals surface area contributed by atoms with Gasteiger partial charge in [-0.2, -0.15) is 0 Å². The summed E-state index contributed by atoms with van der Waals surface area (Å²) < 4.78 is 5.62. The van der Waals surface area contributed by atoms with Crippen LogP contribution >= 0.6 is 0 Å². The Bertz CT molecular complexity index is 422. The lowest BCUT2D eigenvalue weighted by Gasteiger charge is -2.28. The van der Waals surface area contributed by atoms with Crippen molar-refractivity contribution in [3.8, 4) is 0 Å². The van der Waals surface area contributed by atoms with Gasteiger partial charge < -0.3 is 4.74 Å². The van der Waals surface area contributed by atoms with Gasteiger partial charge in [-0.1, -0.05) is 51.0 Å². The lowest BCUT2D eigenvalue weighted by Crippen LogP contribution is -2.26. The summed E-state index contributed by atoms with van der Waals surface area (Å²) in [5.41, 5.74) is 2.52. The molecule has 2 atom stereocenters. The van der Waals surface area contributed by atoms with E-state index in [4.69, 9.17) is 4.74 Å². The largest absolute Gasteiger partial charge is 0.457 e. The number of hydrogen-bond donors (Lipinski definition) is 0. The Balaban J connectivity index is 1.94. The molecule has 1 fully saturated rings. The van der Waals surface area contributed by atoms with E-state index in [9.17, 15) is 4.79 Å². The van der Waals surface area contributed by atoms with Gasteiger partial charge in [-0.15, -0.1) is 0 Å². The minimum Gasteiger partial charge on any atom is -0.457 e. The minimum atomic E-state index is -0.0316. The fourth-order valence-electron chi connectivity index (χ4n) is 2.89. The Morgan fingerprint density at radius 1 is 1.10 bits per heavy atom. The lowest BCUT2D eigenvalue weighted by molar-refractivity contribution is -0.161. The van der Waals surface area contributed by atoms with Gasteiger partial charge in [0.05, 0.1) is 5.92 Å². The van der Waals surface area contributed by atoms with Gasteiger partial charge in [-0.3, -0.25) is 4.79 Å². The topological polar surface area (TPSA) is 26.3 Å². The van der Waals surface area contributed by atoms with E-state index in [-0.39, 0.29) is 18.0 Å². The molecule has 0 aromatic heterocycles. The molecule has 0 bridgehead atoms. The Labute approximate surface area is 122 Å². The molecule has 0 aliphatic carbocycles. The van der Waals surface area contributed by atoms with Crippen LogP contribution in [0.5, 0.6) is 0 Å². The summed E-state index contributed by atoms with van der Waals surface area (Å²) in [6.07, 6.45) is 7.50. The number of cyclic esters (lactones) is 1. The third kappa shape index (κ3) is 3.84. The molecule has 1 aliphatic rings. The average molecular weight is 274 g/mol. The van der Waals surface area contributed by atoms with Crippen LogP contribution < -0.4 is 0 Å². The predicted octanol–water partition coefficient (Wildman–Crippen LogP) is 4.82. The molecule has 0 amide bonds. The van der Waals surface area contributed by atoms with Crippen LogP contribution in [0, 0.1) is 5.92 Å². The van der Waals surface area contributed by atoms with Gasteiger partial charge in [0.2, 0.25) is 0 Å². The van der Waals surface area contributed by atoms with Crippen molar-refractivity contribution in [2.24, 2.45) is 5.92 Å². The molecule has 2 nitrogen and oxygen atoms in total. The van der Waals surface area contributed by atoms with Gasteiger partial charge in [0, 0.05) is 0 Å². The van der Waals surface area contributed by atoms with E-state index < -0.39 is 0 Å². The highest BCUT2D eigenvalue weighted by Crippen LogP contribution is 2.33. The standard InChI is InChI=1S/C18H26O2/c1-3-5-7-14-8-10-15(11-9-14)17-13-12-16(6-4-2)18(19)20-17/h8-11,16-17H,3-7,12-13H2,1-2H3. The second-order valence-electron chi connectivity index (χ2n) is 5.83. The summed E-state index contributed by atoms with van der Waals surface area (Å²) in [4.78, 5) is 12.0. The summed E-state index contributed by atoms with van der Waals surface area (Å²) in [6.45, 7) is 4.33. The average Bonchev–Trinajstić information content (AvgIpc) is 2.48. The zero-order valence-electron chi connectivity index (χ0n) is 12.7. The van der Waals surface area contributed by atoms with E-state index in [1.165, 1.54) is 18.4 Å². The molecule has 1 aromatic rings. The highest BCUT2D eigenvalue weighted by Gasteiger charge is 2.30. The maximum absolute atomic E-state index is 12.0. The maximum atomic E-state index is 12.0. The third-order valence-electron chi connectivity index (χ3n) is 4.18. The zero-order valence-corrected chi connectivity index (χ0v) is 12.7. The number of carbonyl (C=O) groups is 1. The highest BCUT2D eigenvalue weighted by molar-refractivity contribution is 5.73. The van der Waals surface area contributed by atoms with Crippen LogP contribution in [-0.2, 0) is 16.0 Å². The maximum Gasteiger partial charge on any atom is 0.309 e. The molecule has 0 saturated carbocycles. The summed E-state index contributed by atoms with van der Waals surface area (Å²) in [6, 6.07) is 8.61. The predicted molar refractivity (Wildman–Crippen MR) is 81.5 cm³/mol. The number of rotatable bonds is 6. The van der Waals surface area contributed by atoms with Crippen LogP contribution in [0.15, 0.2) is 24.3 Å². The number of unbranched alkanes of at least 4 members (excludes halogenated alkanes) is 1. The molecular weight excluding hydrogens is 248 g/mol. The van der Waals surface area contributed by atoms with Gasteiger partial charge in [0.1, 0.15) is 6.10 Å². The van der Waals surface area contributed by atoms with Crippen molar-refractivity contribution in [2.75, 3.05) is 0 Å². The van der Waals surface area contributed by atoms with Gasteiger partial charge in [-0.05, 0) is 43.2 Å². The van der Waals surface area contributed by atoms with Crippen LogP contribution in [0.2, 0.25) is 0 Å². The Morgan fingerprint density at radius 2 is 1.85 bits per heavy atom. The van der Waals surface area contributed by atoms with Crippen LogP contribution in [0.25, 0.3) is 0 Å². The molecule has 0 radical (unpaired) electrons. The fourth-order valence-corrected chi connectivity index (χ4v) is 2.89. The summed E-state index contributed by atoms with van der Waals surface area (Å²) >= 11 is 0. The number of ether oxygens (including phenoxy) is 1. The van der Waals surface area contributed by atoms with Crippen molar-refractivity contribution in [3.05, 3.63) is 35.4 Å². The van der Waals surface area contributed by atoms with Crippen molar-refractivity contribution >= 4 is 5.97 Å². The van der Waals surface area contributed by atoms with Gasteiger partial charge >= 0.3 is 5.97 Å². The SMILES string of the molecule is CCCCc1ccc(C2CCC(CCC)C(=O)O2)cc1. The van der Waals surface area contributed by atoms with E-state index in [1.807, 2.05) is 0 Å². The third-order valence-corrected chi connectivity index (χ3v) is 4.18. The number of esters is 1. The number of aryl methyl sites for hydroxylation is 1. The first-order valence-corrected chi connectivity index (χ1v) is 8.04. The molecule has 20 heavy (non-hydrogen) atoms. The summed E-state index contributed by atoms with van der Waals surface area (Å²) in [5, 5.41) is 0. The second kappa shape index (κ2) is 7.47. The molecule has 0 N–H and O–H groups in total. The van der Waals surface area contributed by atoms with Crippen LogP contribution in [0.3, 0.4) is 0 Å². The second-order valence-corrected chi connectivity index (χ2v) is 5.83. The molecule has 2 unspecified atom stereocenters. The van der Waals surface area contributed by atoms with Crippen molar-refractivity contribution in [1.82, 2.24) is 0 Å². The van der Waals surface area contributed by atoms with Crippen molar-refractivity contribution in [3.63, 3.8) is 0 Å². The summed E-state index contributed by atoms with van der Waals surface area (Å²) in [5.74, 6) is 0.123. The Morgan fingerprint density at radius 3 is 2.45 bits per heavy atom. The van der Waals surface area contributed by atoms with E-state index >= 15 is 0 Å². The Kier molecular flexibility index (Phi) is 5.63. The number of hydrogen-bond acceptors (Lipinski definition) is 2. The van der Waals surface area contributed by atoms with Crippen molar-refractivity contribution in [1.29, 1.82) is 0 Å². The molecule has 0 spiro atoms. The van der Waals surface area contributed by atoms with Gasteiger partial charge in [0.25, 0.3) is 0 Å². The van der Waals surface area contributed by atoms with E-state index in [1.54, 1.807) is 0 Å². The quantitative estimate of drug-likeness (QED) is 0.695. The van der Waals surface area contributed by atoms with Crippen LogP contribution in [-0.4, -0.2) is 5.97 Å². The van der Waals surface area contributed by atoms with Crippen LogP contribution in [0.1, 0.15) is 69.6 Å². The van der Waals surface area contributed by atoms with Crippen molar-refractivity contribution < 1.29 is 9.53 Å². The fraction of sp³-hybridized carbons (Fsp3) is 0.611. The molecular formula is C18H26O2. The summed E-state index contributed by atoms with van der Waals surface area (Å²) in [7, 11) is 0. The zero-order chi connectivity index (χ0) is 14.4. The monoisotopic (exact) mass is 274 g/mol. The Hall–Kier alpha value is -1.31. The molecule has 1 heterocycles. The smallest absolute Gasteiger partial charge is 0.309 e. The normalized spacial score (nSPS) is 22.6. The van der Waals surface area contributed by atoms with Crippen molar-refractivity contribution in [2.45, 2.75) is 64.9 Å². The number of benzene rings is 1. The van der Waals surface area contributed by atoms with E-state index in [0.717, 1.165) is 37.7 Å². The van der Waals surface area contributed by atoms with Gasteiger partial charge in [-0.25, -0.2) is 0 Å². The molecule has 2 heteroatoms. The van der Waals surface area contributed by atoms with E-state index in [0.29, 0.717) is 0 Å². The molecule has 1 aliphatic heterocycles. The molecule has 2 rings (SSSR count). The first kappa shape index (κ1) is 15.1. The van der Waals surface area contributed by atoms with Crippen LogP contribution in [0.4, 0.5) is 0 Å². The lowest BCUT2D eigenvalue weighted by atomic mass is 9.91.